The number of pyridine rings is 1. The maximum absolute atomic E-state index is 12.6. The Hall–Kier alpha value is -0.800. The van der Waals surface area contributed by atoms with Crippen molar-refractivity contribution < 1.29 is 4.79 Å². The molecule has 1 saturated heterocycles. The number of rotatable bonds is 1. The van der Waals surface area contributed by atoms with Crippen LogP contribution in [0.2, 0.25) is 10.2 Å². The summed E-state index contributed by atoms with van der Waals surface area (Å²) in [6.45, 7) is 0.810. The Bertz CT molecular complexity index is 506. The van der Waals surface area contributed by atoms with Crippen molar-refractivity contribution in [3.63, 3.8) is 0 Å². The van der Waals surface area contributed by atoms with Gasteiger partial charge < -0.3 is 4.90 Å². The van der Waals surface area contributed by atoms with Gasteiger partial charge in [0.05, 0.1) is 5.02 Å². The number of carbonyl (C=O) groups is 1. The van der Waals surface area contributed by atoms with Crippen LogP contribution in [-0.4, -0.2) is 28.4 Å². The minimum absolute atomic E-state index is 0.0656. The molecule has 1 saturated carbocycles. The Morgan fingerprint density at radius 2 is 2.00 bits per heavy atom. The summed E-state index contributed by atoms with van der Waals surface area (Å²) >= 11 is 12.0. The van der Waals surface area contributed by atoms with Crippen LogP contribution < -0.4 is 0 Å². The number of aromatic nitrogens is 1. The van der Waals surface area contributed by atoms with Gasteiger partial charge in [-0.3, -0.25) is 4.79 Å². The van der Waals surface area contributed by atoms with Crippen molar-refractivity contribution in [3.8, 4) is 0 Å². The fourth-order valence-corrected chi connectivity index (χ4v) is 3.74. The summed E-state index contributed by atoms with van der Waals surface area (Å²) in [5.74, 6) is 0.597. The summed E-state index contributed by atoms with van der Waals surface area (Å²) < 4.78 is 0. The molecule has 2 aliphatic rings. The van der Waals surface area contributed by atoms with Crippen LogP contribution in [0.1, 0.15) is 42.6 Å². The first-order valence-corrected chi connectivity index (χ1v) is 7.55. The minimum atomic E-state index is -0.0656. The molecular formula is C14H16Cl2N2O. The molecule has 2 atom stereocenters. The van der Waals surface area contributed by atoms with Crippen LogP contribution in [0.3, 0.4) is 0 Å². The third-order valence-corrected chi connectivity index (χ3v) is 4.78. The van der Waals surface area contributed by atoms with Gasteiger partial charge in [-0.15, -0.1) is 0 Å². The SMILES string of the molecule is O=C(c1nc(Cl)ccc1Cl)N1CCCC2CCCC21. The predicted molar refractivity (Wildman–Crippen MR) is 75.7 cm³/mol. The zero-order chi connectivity index (χ0) is 13.4. The Morgan fingerprint density at radius 3 is 2.84 bits per heavy atom. The Kier molecular flexibility index (Phi) is 3.68. The van der Waals surface area contributed by atoms with E-state index in [0.717, 1.165) is 19.4 Å². The molecule has 1 aromatic rings. The quantitative estimate of drug-likeness (QED) is 0.739. The average molecular weight is 299 g/mol. The van der Waals surface area contributed by atoms with Crippen molar-refractivity contribution in [2.75, 3.05) is 6.54 Å². The lowest BCUT2D eigenvalue weighted by Crippen LogP contribution is -2.46. The second-order valence-electron chi connectivity index (χ2n) is 5.36. The van der Waals surface area contributed by atoms with E-state index >= 15 is 0 Å². The van der Waals surface area contributed by atoms with E-state index in [9.17, 15) is 4.79 Å². The van der Waals surface area contributed by atoms with Crippen LogP contribution in [-0.2, 0) is 0 Å². The van der Waals surface area contributed by atoms with Gasteiger partial charge in [0.1, 0.15) is 10.8 Å². The molecule has 0 N–H and O–H groups in total. The standard InChI is InChI=1S/C14H16Cl2N2O/c15-10-6-7-12(16)17-13(10)14(19)18-8-2-4-9-3-1-5-11(9)18/h6-7,9,11H,1-5,8H2. The van der Waals surface area contributed by atoms with Gasteiger partial charge in [-0.25, -0.2) is 4.98 Å². The highest BCUT2D eigenvalue weighted by Crippen LogP contribution is 2.37. The van der Waals surface area contributed by atoms with Crippen LogP contribution in [0.5, 0.6) is 0 Å². The summed E-state index contributed by atoms with van der Waals surface area (Å²) in [5, 5.41) is 0.697. The summed E-state index contributed by atoms with van der Waals surface area (Å²) in [4.78, 5) is 18.7. The third kappa shape index (κ3) is 2.46. The Balaban J connectivity index is 1.88. The van der Waals surface area contributed by atoms with E-state index in [2.05, 4.69) is 4.98 Å². The van der Waals surface area contributed by atoms with Crippen LogP contribution in [0.4, 0.5) is 0 Å². The van der Waals surface area contributed by atoms with Crippen molar-refractivity contribution in [2.45, 2.75) is 38.1 Å². The van der Waals surface area contributed by atoms with E-state index in [1.165, 1.54) is 19.3 Å². The molecule has 3 rings (SSSR count). The zero-order valence-corrected chi connectivity index (χ0v) is 12.1. The number of carbonyl (C=O) groups excluding carboxylic acids is 1. The topological polar surface area (TPSA) is 33.2 Å². The largest absolute Gasteiger partial charge is 0.334 e. The molecule has 2 fully saturated rings. The van der Waals surface area contributed by atoms with Gasteiger partial charge in [0.2, 0.25) is 0 Å². The normalized spacial score (nSPS) is 26.3. The number of piperidine rings is 1. The third-order valence-electron chi connectivity index (χ3n) is 4.27. The summed E-state index contributed by atoms with van der Waals surface area (Å²) in [7, 11) is 0. The van der Waals surface area contributed by atoms with Gasteiger partial charge in [0, 0.05) is 12.6 Å². The molecule has 0 spiro atoms. The first kappa shape index (κ1) is 13.2. The van der Waals surface area contributed by atoms with Crippen LogP contribution in [0.15, 0.2) is 12.1 Å². The molecule has 19 heavy (non-hydrogen) atoms. The number of halogens is 2. The van der Waals surface area contributed by atoms with Crippen molar-refractivity contribution >= 4 is 29.1 Å². The molecule has 2 heterocycles. The fraction of sp³-hybridized carbons (Fsp3) is 0.571. The first-order chi connectivity index (χ1) is 9.16. The zero-order valence-electron chi connectivity index (χ0n) is 10.6. The number of hydrogen-bond acceptors (Lipinski definition) is 2. The van der Waals surface area contributed by atoms with Crippen molar-refractivity contribution in [1.82, 2.24) is 9.88 Å². The minimum Gasteiger partial charge on any atom is -0.334 e. The number of nitrogens with zero attached hydrogens (tertiary/aromatic N) is 2. The molecule has 5 heteroatoms. The molecule has 0 aromatic carbocycles. The molecule has 0 radical (unpaired) electrons. The maximum atomic E-state index is 12.6. The van der Waals surface area contributed by atoms with E-state index < -0.39 is 0 Å². The van der Waals surface area contributed by atoms with Crippen LogP contribution in [0, 0.1) is 5.92 Å². The summed E-state index contributed by atoms with van der Waals surface area (Å²) in [5.41, 5.74) is 0.293. The molecule has 2 unspecified atom stereocenters. The van der Waals surface area contributed by atoms with E-state index in [1.807, 2.05) is 4.90 Å². The van der Waals surface area contributed by atoms with E-state index in [0.29, 0.717) is 27.8 Å². The van der Waals surface area contributed by atoms with Gasteiger partial charge in [-0.2, -0.15) is 0 Å². The molecule has 1 amide bonds. The number of amides is 1. The van der Waals surface area contributed by atoms with Crippen molar-refractivity contribution in [3.05, 3.63) is 28.0 Å². The van der Waals surface area contributed by atoms with Gasteiger partial charge in [-0.1, -0.05) is 29.6 Å². The predicted octanol–water partition coefficient (Wildman–Crippen LogP) is 3.79. The van der Waals surface area contributed by atoms with E-state index in [4.69, 9.17) is 23.2 Å². The lowest BCUT2D eigenvalue weighted by atomic mass is 9.91. The highest BCUT2D eigenvalue weighted by molar-refractivity contribution is 6.34. The fourth-order valence-electron chi connectivity index (χ4n) is 3.41. The summed E-state index contributed by atoms with van der Waals surface area (Å²) in [6.07, 6.45) is 5.88. The van der Waals surface area contributed by atoms with Gasteiger partial charge in [0.25, 0.3) is 5.91 Å². The van der Waals surface area contributed by atoms with Crippen LogP contribution in [0.25, 0.3) is 0 Å². The van der Waals surface area contributed by atoms with E-state index in [1.54, 1.807) is 12.1 Å². The van der Waals surface area contributed by atoms with Crippen molar-refractivity contribution in [2.24, 2.45) is 5.92 Å². The monoisotopic (exact) mass is 298 g/mol. The second kappa shape index (κ2) is 5.29. The molecule has 1 aromatic heterocycles. The average Bonchev–Trinajstić information content (AvgIpc) is 2.89. The van der Waals surface area contributed by atoms with E-state index in [-0.39, 0.29) is 5.91 Å². The molecule has 3 nitrogen and oxygen atoms in total. The van der Waals surface area contributed by atoms with Gasteiger partial charge in [-0.05, 0) is 43.7 Å². The van der Waals surface area contributed by atoms with Gasteiger partial charge >= 0.3 is 0 Å². The highest BCUT2D eigenvalue weighted by atomic mass is 35.5. The van der Waals surface area contributed by atoms with Crippen molar-refractivity contribution in [1.29, 1.82) is 0 Å². The van der Waals surface area contributed by atoms with Gasteiger partial charge in [0.15, 0.2) is 0 Å². The maximum Gasteiger partial charge on any atom is 0.274 e. The highest BCUT2D eigenvalue weighted by Gasteiger charge is 2.38. The molecule has 102 valence electrons. The number of likely N-dealkylation sites (tertiary alicyclic amines) is 1. The number of fused-ring (bicyclic) bond motifs is 1. The lowest BCUT2D eigenvalue weighted by Gasteiger charge is -2.37. The molecule has 1 aliphatic heterocycles. The number of hydrogen-bond donors (Lipinski definition) is 0. The molecule has 0 bridgehead atoms. The Labute approximate surface area is 122 Å². The first-order valence-electron chi connectivity index (χ1n) is 6.80. The smallest absolute Gasteiger partial charge is 0.274 e. The van der Waals surface area contributed by atoms with Crippen LogP contribution >= 0.6 is 23.2 Å². The molecule has 1 aliphatic carbocycles. The Morgan fingerprint density at radius 1 is 1.21 bits per heavy atom. The molecular weight excluding hydrogens is 283 g/mol. The second-order valence-corrected chi connectivity index (χ2v) is 6.16. The lowest BCUT2D eigenvalue weighted by molar-refractivity contribution is 0.0542. The summed E-state index contributed by atoms with van der Waals surface area (Å²) in [6, 6.07) is 3.62.